The van der Waals surface area contributed by atoms with E-state index in [1.165, 1.54) is 3.97 Å². The Morgan fingerprint density at radius 1 is 1.16 bits per heavy atom. The Balaban J connectivity index is 1.94. The predicted molar refractivity (Wildman–Crippen MR) is 127 cm³/mol. The van der Waals surface area contributed by atoms with Gasteiger partial charge in [-0.15, -0.1) is 4.72 Å². The number of halogens is 1. The summed E-state index contributed by atoms with van der Waals surface area (Å²) in [5.74, 6) is 0. The first-order chi connectivity index (χ1) is 14.5. The standard InChI is InChI=1S/C23H27ClN2O3S2/c1-15-8-11-17(12-9-15)31(28,29)26-20-13-10-16(24)14-18(20)22-19(6-5-7-21(22)26)25-30(27)23(2,3)4/h8-14,19,25H,5-7H2,1-4H3/t19-,30+/m0/s1. The van der Waals surface area contributed by atoms with Crippen molar-refractivity contribution < 1.29 is 13.0 Å². The summed E-state index contributed by atoms with van der Waals surface area (Å²) in [5.41, 5.74) is 3.23. The molecule has 0 amide bonds. The van der Waals surface area contributed by atoms with Gasteiger partial charge in [0.2, 0.25) is 0 Å². The highest BCUT2D eigenvalue weighted by Crippen LogP contribution is 2.41. The third kappa shape index (κ3) is 4.14. The van der Waals surface area contributed by atoms with Crippen LogP contribution in [0.4, 0.5) is 0 Å². The Hall–Kier alpha value is -1.51. The lowest BCUT2D eigenvalue weighted by Crippen LogP contribution is -2.42. The molecule has 3 aromatic rings. The molecule has 31 heavy (non-hydrogen) atoms. The number of aryl methyl sites for hydroxylation is 1. The van der Waals surface area contributed by atoms with Crippen molar-refractivity contribution in [3.8, 4) is 0 Å². The molecule has 4 rings (SSSR count). The molecule has 5 nitrogen and oxygen atoms in total. The van der Waals surface area contributed by atoms with Crippen LogP contribution in [-0.2, 0) is 27.8 Å². The third-order valence-corrected chi connectivity index (χ3v) is 9.25. The second-order valence-corrected chi connectivity index (χ2v) is 13.3. The summed E-state index contributed by atoms with van der Waals surface area (Å²) in [5, 5.41) is 1.34. The van der Waals surface area contributed by atoms with Gasteiger partial charge in [-0.2, -0.15) is 0 Å². The van der Waals surface area contributed by atoms with Gasteiger partial charge in [0.05, 0.1) is 16.5 Å². The van der Waals surface area contributed by atoms with Gasteiger partial charge in [-0.25, -0.2) is 12.4 Å². The molecule has 0 saturated heterocycles. The van der Waals surface area contributed by atoms with E-state index < -0.39 is 26.1 Å². The number of fused-ring (bicyclic) bond motifs is 3. The molecule has 0 unspecified atom stereocenters. The largest absolute Gasteiger partial charge is 0.598 e. The molecule has 1 N–H and O–H groups in total. The van der Waals surface area contributed by atoms with Gasteiger partial charge in [0.1, 0.15) is 4.75 Å². The number of benzene rings is 2. The van der Waals surface area contributed by atoms with E-state index in [-0.39, 0.29) is 10.9 Å². The van der Waals surface area contributed by atoms with Crippen molar-refractivity contribution >= 4 is 43.9 Å². The molecule has 0 radical (unpaired) electrons. The van der Waals surface area contributed by atoms with Gasteiger partial charge in [0, 0.05) is 33.0 Å². The van der Waals surface area contributed by atoms with E-state index in [9.17, 15) is 13.0 Å². The zero-order valence-corrected chi connectivity index (χ0v) is 20.5. The van der Waals surface area contributed by atoms with Gasteiger partial charge in [-0.05, 0) is 77.3 Å². The fraction of sp³-hybridized carbons (Fsp3) is 0.391. The Labute approximate surface area is 192 Å². The average molecular weight is 479 g/mol. The van der Waals surface area contributed by atoms with Crippen molar-refractivity contribution in [2.75, 3.05) is 0 Å². The molecule has 1 aromatic heterocycles. The van der Waals surface area contributed by atoms with Gasteiger partial charge in [-0.3, -0.25) is 0 Å². The lowest BCUT2D eigenvalue weighted by molar-refractivity contribution is 0.488. The third-order valence-electron chi connectivity index (χ3n) is 5.64. The number of nitrogens with zero attached hydrogens (tertiary/aromatic N) is 1. The van der Waals surface area contributed by atoms with Gasteiger partial charge >= 0.3 is 0 Å². The Morgan fingerprint density at radius 3 is 2.48 bits per heavy atom. The van der Waals surface area contributed by atoms with Crippen LogP contribution >= 0.6 is 11.6 Å². The summed E-state index contributed by atoms with van der Waals surface area (Å²) < 4.78 is 44.6. The summed E-state index contributed by atoms with van der Waals surface area (Å²) in [4.78, 5) is 0.251. The van der Waals surface area contributed by atoms with E-state index in [2.05, 4.69) is 4.72 Å². The van der Waals surface area contributed by atoms with Crippen LogP contribution in [0.2, 0.25) is 5.02 Å². The fourth-order valence-corrected chi connectivity index (χ4v) is 6.68. The van der Waals surface area contributed by atoms with Gasteiger partial charge < -0.3 is 4.55 Å². The highest BCUT2D eigenvalue weighted by atomic mass is 35.5. The zero-order valence-electron chi connectivity index (χ0n) is 18.1. The van der Waals surface area contributed by atoms with Crippen molar-refractivity contribution in [3.63, 3.8) is 0 Å². The quantitative estimate of drug-likeness (QED) is 0.518. The van der Waals surface area contributed by atoms with Crippen LogP contribution < -0.4 is 4.72 Å². The van der Waals surface area contributed by atoms with Crippen molar-refractivity contribution in [2.24, 2.45) is 0 Å². The molecule has 0 spiro atoms. The lowest BCUT2D eigenvalue weighted by atomic mass is 9.91. The van der Waals surface area contributed by atoms with Crippen molar-refractivity contribution in [1.29, 1.82) is 0 Å². The normalized spacial score (nSPS) is 18.2. The highest BCUT2D eigenvalue weighted by Gasteiger charge is 2.36. The lowest BCUT2D eigenvalue weighted by Gasteiger charge is -2.30. The number of hydrogen-bond acceptors (Lipinski definition) is 4. The van der Waals surface area contributed by atoms with E-state index >= 15 is 0 Å². The summed E-state index contributed by atoms with van der Waals surface area (Å²) in [6, 6.07) is 12.0. The minimum absolute atomic E-state index is 0.209. The van der Waals surface area contributed by atoms with E-state index in [1.807, 2.05) is 33.8 Å². The second-order valence-electron chi connectivity index (χ2n) is 9.05. The Morgan fingerprint density at radius 2 is 1.84 bits per heavy atom. The van der Waals surface area contributed by atoms with Crippen LogP contribution in [0, 0.1) is 6.92 Å². The maximum atomic E-state index is 13.7. The van der Waals surface area contributed by atoms with Crippen LogP contribution in [-0.4, -0.2) is 21.7 Å². The van der Waals surface area contributed by atoms with Gasteiger partial charge in [0.15, 0.2) is 0 Å². The van der Waals surface area contributed by atoms with Crippen LogP contribution in [0.5, 0.6) is 0 Å². The number of hydrogen-bond donors (Lipinski definition) is 1. The molecule has 8 heteroatoms. The first-order valence-electron chi connectivity index (χ1n) is 10.3. The zero-order chi connectivity index (χ0) is 22.6. The summed E-state index contributed by atoms with van der Waals surface area (Å²) in [6.07, 6.45) is 2.22. The molecular weight excluding hydrogens is 452 g/mol. The van der Waals surface area contributed by atoms with E-state index in [1.54, 1.807) is 36.4 Å². The second kappa shape index (κ2) is 8.12. The molecule has 166 valence electrons. The molecule has 1 aliphatic carbocycles. The summed E-state index contributed by atoms with van der Waals surface area (Å²) in [7, 11) is -3.80. The van der Waals surface area contributed by atoms with E-state index in [0.717, 1.165) is 35.0 Å². The van der Waals surface area contributed by atoms with Crippen LogP contribution in [0.1, 0.15) is 56.5 Å². The topological polar surface area (TPSA) is 74.2 Å². The molecule has 2 atom stereocenters. The van der Waals surface area contributed by atoms with Crippen molar-refractivity contribution in [2.45, 2.75) is 62.6 Å². The SMILES string of the molecule is Cc1ccc(S(=O)(=O)n2c3c(c4cc(Cl)ccc42)[C@@H](N[S@+]([O-])C(C)(C)C)CCC3)cc1. The maximum Gasteiger partial charge on any atom is 0.268 e. The number of nitrogens with one attached hydrogen (secondary N) is 1. The van der Waals surface area contributed by atoms with Gasteiger partial charge in [-0.1, -0.05) is 29.3 Å². The minimum Gasteiger partial charge on any atom is -0.598 e. The molecule has 1 heterocycles. The minimum atomic E-state index is -3.80. The summed E-state index contributed by atoms with van der Waals surface area (Å²) in [6.45, 7) is 7.68. The average Bonchev–Trinajstić information content (AvgIpc) is 3.02. The maximum absolute atomic E-state index is 13.7. The van der Waals surface area contributed by atoms with Crippen LogP contribution in [0.25, 0.3) is 10.9 Å². The monoisotopic (exact) mass is 478 g/mol. The molecule has 0 bridgehead atoms. The number of aromatic nitrogens is 1. The predicted octanol–water partition coefficient (Wildman–Crippen LogP) is 5.27. The Kier molecular flexibility index (Phi) is 5.94. The van der Waals surface area contributed by atoms with E-state index in [4.69, 9.17) is 11.6 Å². The molecule has 0 aliphatic heterocycles. The number of rotatable bonds is 4. The first-order valence-corrected chi connectivity index (χ1v) is 13.3. The van der Waals surface area contributed by atoms with Crippen LogP contribution in [0.15, 0.2) is 47.4 Å². The van der Waals surface area contributed by atoms with Gasteiger partial charge in [0.25, 0.3) is 10.0 Å². The first kappa shape index (κ1) is 22.7. The van der Waals surface area contributed by atoms with Crippen molar-refractivity contribution in [3.05, 3.63) is 64.3 Å². The molecule has 0 saturated carbocycles. The van der Waals surface area contributed by atoms with Crippen LogP contribution in [0.3, 0.4) is 0 Å². The smallest absolute Gasteiger partial charge is 0.268 e. The Bertz CT molecular complexity index is 1230. The molecule has 1 aliphatic rings. The van der Waals surface area contributed by atoms with Crippen molar-refractivity contribution in [1.82, 2.24) is 8.69 Å². The molecule has 0 fully saturated rings. The van der Waals surface area contributed by atoms with E-state index in [0.29, 0.717) is 17.0 Å². The highest BCUT2D eigenvalue weighted by molar-refractivity contribution is 7.91. The fourth-order valence-electron chi connectivity index (χ4n) is 4.07. The summed E-state index contributed by atoms with van der Waals surface area (Å²) >= 11 is 5.02. The molecular formula is C23H27ClN2O3S2. The molecule has 2 aromatic carbocycles.